The highest BCUT2D eigenvalue weighted by Crippen LogP contribution is 2.02. The summed E-state index contributed by atoms with van der Waals surface area (Å²) in [6, 6.07) is 3.69. The molecule has 0 saturated heterocycles. The Bertz CT molecular complexity index is 168. The smallest absolute Gasteiger partial charge is 0.0954 e. The topological polar surface area (TPSA) is 47.6 Å². The molecule has 40 valence electrons. The maximum absolute atomic E-state index is 8.17. The molecule has 0 spiro atoms. The Balaban J connectivity index is 3.93. The fourth-order valence-corrected chi connectivity index (χ4v) is 0.175. The monoisotopic (exact) mass is 106 g/mol. The molecule has 0 radical (unpaired) electrons. The second-order valence-corrected chi connectivity index (χ2v) is 1.49. The lowest BCUT2D eigenvalue weighted by Crippen LogP contribution is -1.89. The summed E-state index contributed by atoms with van der Waals surface area (Å²) in [5.74, 6) is -0.333. The van der Waals surface area contributed by atoms with Crippen LogP contribution < -0.4 is 0 Å². The fourth-order valence-electron chi connectivity index (χ4n) is 0.175. The molecule has 0 bridgehead atoms. The molecule has 2 nitrogen and oxygen atoms in total. The van der Waals surface area contributed by atoms with Crippen LogP contribution in [-0.2, 0) is 0 Å². The van der Waals surface area contributed by atoms with E-state index in [-0.39, 0.29) is 5.92 Å². The van der Waals surface area contributed by atoms with E-state index in [9.17, 15) is 0 Å². The Morgan fingerprint density at radius 1 is 1.62 bits per heavy atom. The van der Waals surface area contributed by atoms with Gasteiger partial charge in [0.25, 0.3) is 0 Å². The van der Waals surface area contributed by atoms with Crippen LogP contribution in [0.1, 0.15) is 6.92 Å². The molecule has 0 aliphatic carbocycles. The van der Waals surface area contributed by atoms with Crippen LogP contribution in [0.3, 0.4) is 0 Å². The minimum absolute atomic E-state index is 0.326. The SMILES string of the molecule is C=C(C#N)C(C)C#N. The van der Waals surface area contributed by atoms with Gasteiger partial charge in [0, 0.05) is 5.57 Å². The molecule has 0 aliphatic heterocycles. The second kappa shape index (κ2) is 2.82. The molecule has 1 atom stereocenters. The molecule has 0 rings (SSSR count). The fraction of sp³-hybridized carbons (Fsp3) is 0.333. The summed E-state index contributed by atoms with van der Waals surface area (Å²) in [5.41, 5.74) is 0.326. The van der Waals surface area contributed by atoms with Crippen molar-refractivity contribution >= 4 is 0 Å². The van der Waals surface area contributed by atoms with Crippen molar-refractivity contribution in [2.45, 2.75) is 6.92 Å². The average Bonchev–Trinajstić information content (AvgIpc) is 1.84. The quantitative estimate of drug-likeness (QED) is 0.472. The first-order valence-corrected chi connectivity index (χ1v) is 2.21. The van der Waals surface area contributed by atoms with Gasteiger partial charge in [-0.15, -0.1) is 0 Å². The van der Waals surface area contributed by atoms with E-state index in [1.54, 1.807) is 13.0 Å². The summed E-state index contributed by atoms with van der Waals surface area (Å²) in [4.78, 5) is 0. The van der Waals surface area contributed by atoms with Crippen molar-refractivity contribution in [3.63, 3.8) is 0 Å². The minimum Gasteiger partial charge on any atom is -0.198 e. The van der Waals surface area contributed by atoms with Gasteiger partial charge in [0.05, 0.1) is 18.1 Å². The van der Waals surface area contributed by atoms with E-state index in [1.165, 1.54) is 0 Å². The lowest BCUT2D eigenvalue weighted by Gasteiger charge is -1.91. The van der Waals surface area contributed by atoms with E-state index in [0.717, 1.165) is 0 Å². The minimum atomic E-state index is -0.333. The maximum Gasteiger partial charge on any atom is 0.0954 e. The predicted molar refractivity (Wildman–Crippen MR) is 29.5 cm³/mol. The Hall–Kier alpha value is -1.28. The van der Waals surface area contributed by atoms with Crippen LogP contribution in [0.25, 0.3) is 0 Å². The van der Waals surface area contributed by atoms with E-state index in [2.05, 4.69) is 6.58 Å². The molecule has 0 aromatic carbocycles. The standard InChI is InChI=1S/C6H6N2/c1-5(3-7)6(2)4-8/h6H,1H2,2H3. The van der Waals surface area contributed by atoms with E-state index >= 15 is 0 Å². The lowest BCUT2D eigenvalue weighted by atomic mass is 10.1. The van der Waals surface area contributed by atoms with Crippen LogP contribution in [0.15, 0.2) is 12.2 Å². The summed E-state index contributed by atoms with van der Waals surface area (Å²) in [5, 5.41) is 16.3. The molecular formula is C6H6N2. The van der Waals surface area contributed by atoms with E-state index < -0.39 is 0 Å². The van der Waals surface area contributed by atoms with Crippen molar-refractivity contribution in [1.82, 2.24) is 0 Å². The van der Waals surface area contributed by atoms with Gasteiger partial charge in [-0.25, -0.2) is 0 Å². The zero-order chi connectivity index (χ0) is 6.57. The molecule has 0 heterocycles. The number of nitrogens with zero attached hydrogens (tertiary/aromatic N) is 2. The van der Waals surface area contributed by atoms with Gasteiger partial charge < -0.3 is 0 Å². The van der Waals surface area contributed by atoms with Crippen molar-refractivity contribution in [2.24, 2.45) is 5.92 Å². The summed E-state index contributed by atoms with van der Waals surface area (Å²) >= 11 is 0. The number of allylic oxidation sites excluding steroid dienone is 1. The summed E-state index contributed by atoms with van der Waals surface area (Å²) in [6.07, 6.45) is 0. The van der Waals surface area contributed by atoms with Gasteiger partial charge in [0.1, 0.15) is 0 Å². The van der Waals surface area contributed by atoms with E-state index in [1.807, 2.05) is 6.07 Å². The van der Waals surface area contributed by atoms with Gasteiger partial charge in [0.15, 0.2) is 0 Å². The Morgan fingerprint density at radius 3 is 2.25 bits per heavy atom. The molecular weight excluding hydrogens is 100 g/mol. The number of rotatable bonds is 1. The molecule has 0 saturated carbocycles. The highest BCUT2D eigenvalue weighted by atomic mass is 14.3. The third-order valence-corrected chi connectivity index (χ3v) is 0.860. The van der Waals surface area contributed by atoms with Gasteiger partial charge in [-0.3, -0.25) is 0 Å². The van der Waals surface area contributed by atoms with Crippen LogP contribution in [0.4, 0.5) is 0 Å². The van der Waals surface area contributed by atoms with Gasteiger partial charge in [-0.05, 0) is 6.92 Å². The highest BCUT2D eigenvalue weighted by Gasteiger charge is 2.00. The Morgan fingerprint density at radius 2 is 2.12 bits per heavy atom. The van der Waals surface area contributed by atoms with E-state index in [0.29, 0.717) is 5.57 Å². The number of hydrogen-bond donors (Lipinski definition) is 0. The van der Waals surface area contributed by atoms with Gasteiger partial charge in [-0.1, -0.05) is 6.58 Å². The third kappa shape index (κ3) is 1.45. The summed E-state index contributed by atoms with van der Waals surface area (Å²) in [7, 11) is 0. The Labute approximate surface area is 48.7 Å². The molecule has 0 aliphatic rings. The van der Waals surface area contributed by atoms with Gasteiger partial charge >= 0.3 is 0 Å². The summed E-state index contributed by atoms with van der Waals surface area (Å²) in [6.45, 7) is 5.00. The predicted octanol–water partition coefficient (Wildman–Crippen LogP) is 1.23. The van der Waals surface area contributed by atoms with Crippen molar-refractivity contribution in [1.29, 1.82) is 10.5 Å². The molecule has 0 amide bonds. The van der Waals surface area contributed by atoms with Crippen molar-refractivity contribution in [3.05, 3.63) is 12.2 Å². The van der Waals surface area contributed by atoms with Crippen LogP contribution in [0.2, 0.25) is 0 Å². The van der Waals surface area contributed by atoms with Crippen molar-refractivity contribution in [3.8, 4) is 12.1 Å². The first-order chi connectivity index (χ1) is 3.72. The van der Waals surface area contributed by atoms with Crippen molar-refractivity contribution in [2.75, 3.05) is 0 Å². The van der Waals surface area contributed by atoms with Gasteiger partial charge in [0.2, 0.25) is 0 Å². The zero-order valence-corrected chi connectivity index (χ0v) is 4.68. The van der Waals surface area contributed by atoms with Crippen LogP contribution in [0, 0.1) is 28.6 Å². The maximum atomic E-state index is 8.17. The third-order valence-electron chi connectivity index (χ3n) is 0.860. The van der Waals surface area contributed by atoms with Crippen molar-refractivity contribution < 1.29 is 0 Å². The highest BCUT2D eigenvalue weighted by molar-refractivity contribution is 5.23. The molecule has 1 unspecified atom stereocenters. The number of nitriles is 2. The summed E-state index contributed by atoms with van der Waals surface area (Å²) < 4.78 is 0. The van der Waals surface area contributed by atoms with Crippen LogP contribution in [0.5, 0.6) is 0 Å². The van der Waals surface area contributed by atoms with E-state index in [4.69, 9.17) is 10.5 Å². The molecule has 0 aromatic heterocycles. The molecule has 0 fully saturated rings. The average molecular weight is 106 g/mol. The zero-order valence-electron chi connectivity index (χ0n) is 4.68. The normalized spacial score (nSPS) is 10.9. The molecule has 0 aromatic rings. The molecule has 0 N–H and O–H groups in total. The van der Waals surface area contributed by atoms with Crippen LogP contribution >= 0.6 is 0 Å². The van der Waals surface area contributed by atoms with Crippen LogP contribution in [-0.4, -0.2) is 0 Å². The second-order valence-electron chi connectivity index (χ2n) is 1.49. The Kier molecular flexibility index (Phi) is 2.37. The first kappa shape index (κ1) is 6.72. The molecule has 8 heavy (non-hydrogen) atoms. The number of hydrogen-bond acceptors (Lipinski definition) is 2. The van der Waals surface area contributed by atoms with Gasteiger partial charge in [-0.2, -0.15) is 10.5 Å². The lowest BCUT2D eigenvalue weighted by molar-refractivity contribution is 0.917. The first-order valence-electron chi connectivity index (χ1n) is 2.21. The molecule has 2 heteroatoms. The largest absolute Gasteiger partial charge is 0.198 e.